The van der Waals surface area contributed by atoms with Crippen LogP contribution in [0.1, 0.15) is 62.3 Å². The Labute approximate surface area is 198 Å². The van der Waals surface area contributed by atoms with Gasteiger partial charge >= 0.3 is 0 Å². The number of hydrogen-bond donors (Lipinski definition) is 1. The zero-order valence-electron chi connectivity index (χ0n) is 20.0. The molecule has 8 heteroatoms. The van der Waals surface area contributed by atoms with Gasteiger partial charge in [0, 0.05) is 54.9 Å². The van der Waals surface area contributed by atoms with Crippen LogP contribution in [-0.2, 0) is 0 Å². The third kappa shape index (κ3) is 4.11. The second-order valence-corrected chi connectivity index (χ2v) is 9.65. The summed E-state index contributed by atoms with van der Waals surface area (Å²) < 4.78 is 28.9. The summed E-state index contributed by atoms with van der Waals surface area (Å²) in [5.74, 6) is -2.27. The van der Waals surface area contributed by atoms with Crippen LogP contribution < -0.4 is 0 Å². The molecule has 1 aliphatic heterocycles. The van der Waals surface area contributed by atoms with Gasteiger partial charge in [-0.15, -0.1) is 0 Å². The van der Waals surface area contributed by atoms with E-state index in [1.54, 1.807) is 10.8 Å². The van der Waals surface area contributed by atoms with E-state index in [1.807, 2.05) is 13.1 Å². The van der Waals surface area contributed by atoms with E-state index in [1.165, 1.54) is 0 Å². The molecule has 1 unspecified atom stereocenters. The van der Waals surface area contributed by atoms with Crippen LogP contribution in [0.15, 0.2) is 42.9 Å². The number of alkyl halides is 2. The zero-order valence-corrected chi connectivity index (χ0v) is 20.0. The van der Waals surface area contributed by atoms with Gasteiger partial charge in [0.25, 0.3) is 5.92 Å². The van der Waals surface area contributed by atoms with E-state index in [2.05, 4.69) is 71.2 Å². The molecular weight excluding hydrogens is 434 g/mol. The fourth-order valence-corrected chi connectivity index (χ4v) is 4.95. The minimum Gasteiger partial charge on any atom is -0.296 e. The molecule has 3 aromatic heterocycles. The van der Waals surface area contributed by atoms with E-state index in [9.17, 15) is 8.78 Å². The smallest absolute Gasteiger partial charge is 0.250 e. The van der Waals surface area contributed by atoms with Crippen molar-refractivity contribution in [3.8, 4) is 22.5 Å². The number of rotatable bonds is 5. The highest BCUT2D eigenvalue weighted by Gasteiger charge is 2.35. The molecule has 1 atom stereocenters. The standard InChI is InChI=1S/C26H30F2N6/c1-16(2)22-23(31-32-24(22)21-13-17(3)25-29-15-30-34(25)14-21)20-7-5-19(6-8-20)18(4)33-11-9-26(27,28)10-12-33/h5-8,13-16,18H,9-12H2,1-4H3,(H,31,32). The van der Waals surface area contributed by atoms with Gasteiger partial charge in [0.15, 0.2) is 5.65 Å². The lowest BCUT2D eigenvalue weighted by Gasteiger charge is -2.36. The number of H-pyrrole nitrogens is 1. The molecular formula is C26H30F2N6. The number of piperidine rings is 1. The number of hydrogen-bond acceptors (Lipinski definition) is 4. The average molecular weight is 465 g/mol. The van der Waals surface area contributed by atoms with Crippen LogP contribution in [0.2, 0.25) is 0 Å². The Morgan fingerprint density at radius 1 is 1.03 bits per heavy atom. The maximum Gasteiger partial charge on any atom is 0.250 e. The van der Waals surface area contributed by atoms with Crippen molar-refractivity contribution in [1.82, 2.24) is 29.7 Å². The molecule has 0 spiro atoms. The quantitative estimate of drug-likeness (QED) is 0.393. The van der Waals surface area contributed by atoms with Gasteiger partial charge in [0.05, 0.1) is 11.4 Å². The van der Waals surface area contributed by atoms with Crippen LogP contribution in [0, 0.1) is 6.92 Å². The maximum atomic E-state index is 13.5. The number of fused-ring (bicyclic) bond motifs is 1. The highest BCUT2D eigenvalue weighted by molar-refractivity contribution is 5.75. The van der Waals surface area contributed by atoms with E-state index in [0.717, 1.165) is 44.9 Å². The number of aryl methyl sites for hydroxylation is 1. The first-order chi connectivity index (χ1) is 16.2. The third-order valence-corrected chi connectivity index (χ3v) is 6.97. The third-order valence-electron chi connectivity index (χ3n) is 6.97. The van der Waals surface area contributed by atoms with Crippen molar-refractivity contribution in [2.45, 2.75) is 58.4 Å². The van der Waals surface area contributed by atoms with Gasteiger partial charge < -0.3 is 0 Å². The van der Waals surface area contributed by atoms with E-state index in [0.29, 0.717) is 13.1 Å². The minimum absolute atomic E-state index is 0.0664. The molecule has 0 radical (unpaired) electrons. The van der Waals surface area contributed by atoms with Crippen molar-refractivity contribution in [2.75, 3.05) is 13.1 Å². The molecule has 0 amide bonds. The molecule has 4 heterocycles. The largest absolute Gasteiger partial charge is 0.296 e. The number of pyridine rings is 1. The van der Waals surface area contributed by atoms with Crippen LogP contribution in [0.4, 0.5) is 8.78 Å². The molecule has 178 valence electrons. The fourth-order valence-electron chi connectivity index (χ4n) is 4.95. The van der Waals surface area contributed by atoms with Gasteiger partial charge in [-0.05, 0) is 37.0 Å². The van der Waals surface area contributed by atoms with Gasteiger partial charge in [0.2, 0.25) is 0 Å². The van der Waals surface area contributed by atoms with Gasteiger partial charge in [0.1, 0.15) is 6.33 Å². The van der Waals surface area contributed by atoms with Gasteiger partial charge in [-0.25, -0.2) is 18.3 Å². The number of aromatic amines is 1. The molecule has 0 bridgehead atoms. The topological polar surface area (TPSA) is 62.1 Å². The molecule has 1 aliphatic rings. The summed E-state index contributed by atoms with van der Waals surface area (Å²) in [6.45, 7) is 9.30. The summed E-state index contributed by atoms with van der Waals surface area (Å²) in [6.07, 6.45) is 3.41. The predicted molar refractivity (Wildman–Crippen MR) is 129 cm³/mol. The van der Waals surface area contributed by atoms with Crippen molar-refractivity contribution in [3.05, 3.63) is 59.5 Å². The van der Waals surface area contributed by atoms with Gasteiger partial charge in [-0.3, -0.25) is 10.00 Å². The number of nitrogens with zero attached hydrogens (tertiary/aromatic N) is 5. The fraction of sp³-hybridized carbons (Fsp3) is 0.423. The predicted octanol–water partition coefficient (Wildman–Crippen LogP) is 6.01. The number of likely N-dealkylation sites (tertiary alicyclic amines) is 1. The van der Waals surface area contributed by atoms with E-state index >= 15 is 0 Å². The molecule has 1 fully saturated rings. The second-order valence-electron chi connectivity index (χ2n) is 9.65. The van der Waals surface area contributed by atoms with Crippen molar-refractivity contribution < 1.29 is 8.78 Å². The first-order valence-electron chi connectivity index (χ1n) is 11.8. The zero-order chi connectivity index (χ0) is 24.0. The summed E-state index contributed by atoms with van der Waals surface area (Å²) >= 11 is 0. The van der Waals surface area contributed by atoms with E-state index in [-0.39, 0.29) is 24.8 Å². The average Bonchev–Trinajstić information content (AvgIpc) is 3.46. The monoisotopic (exact) mass is 464 g/mol. The lowest BCUT2D eigenvalue weighted by molar-refractivity contribution is -0.0620. The lowest BCUT2D eigenvalue weighted by atomic mass is 9.93. The van der Waals surface area contributed by atoms with Crippen LogP contribution >= 0.6 is 0 Å². The van der Waals surface area contributed by atoms with E-state index < -0.39 is 5.92 Å². The van der Waals surface area contributed by atoms with Gasteiger partial charge in [-0.2, -0.15) is 10.2 Å². The Morgan fingerprint density at radius 2 is 1.74 bits per heavy atom. The molecule has 6 nitrogen and oxygen atoms in total. The number of aromatic nitrogens is 5. The second kappa shape index (κ2) is 8.58. The van der Waals surface area contributed by atoms with Crippen molar-refractivity contribution in [2.24, 2.45) is 0 Å². The number of nitrogens with one attached hydrogen (secondary N) is 1. The molecule has 1 N–H and O–H groups in total. The normalized spacial score (nSPS) is 17.5. The molecule has 34 heavy (non-hydrogen) atoms. The SMILES string of the molecule is Cc1cc(-c2[nH]nc(-c3ccc(C(C)N4CCC(F)(F)CC4)cc3)c2C(C)C)cn2ncnc12. The van der Waals surface area contributed by atoms with Crippen LogP contribution in [-0.4, -0.2) is 48.7 Å². The summed E-state index contributed by atoms with van der Waals surface area (Å²) in [5, 5.41) is 12.3. The van der Waals surface area contributed by atoms with Crippen molar-refractivity contribution in [3.63, 3.8) is 0 Å². The first kappa shape index (κ1) is 22.7. The van der Waals surface area contributed by atoms with E-state index in [4.69, 9.17) is 5.10 Å². The highest BCUT2D eigenvalue weighted by atomic mass is 19.3. The summed E-state index contributed by atoms with van der Waals surface area (Å²) in [6, 6.07) is 10.6. The summed E-state index contributed by atoms with van der Waals surface area (Å²) in [4.78, 5) is 6.45. The Kier molecular flexibility index (Phi) is 5.72. The number of halogens is 2. The van der Waals surface area contributed by atoms with Crippen LogP contribution in [0.25, 0.3) is 28.2 Å². The summed E-state index contributed by atoms with van der Waals surface area (Å²) in [5.41, 5.74) is 8.14. The van der Waals surface area contributed by atoms with Crippen molar-refractivity contribution >= 4 is 5.65 Å². The highest BCUT2D eigenvalue weighted by Crippen LogP contribution is 2.37. The Bertz CT molecular complexity index is 1290. The minimum atomic E-state index is -2.53. The molecule has 5 rings (SSSR count). The first-order valence-corrected chi connectivity index (χ1v) is 11.8. The molecule has 0 aliphatic carbocycles. The molecule has 1 saturated heterocycles. The Hall–Kier alpha value is -3.13. The molecule has 4 aromatic rings. The lowest BCUT2D eigenvalue weighted by Crippen LogP contribution is -2.40. The van der Waals surface area contributed by atoms with Crippen LogP contribution in [0.5, 0.6) is 0 Å². The maximum absolute atomic E-state index is 13.5. The van der Waals surface area contributed by atoms with Crippen molar-refractivity contribution in [1.29, 1.82) is 0 Å². The Balaban J connectivity index is 1.44. The molecule has 1 aromatic carbocycles. The van der Waals surface area contributed by atoms with Crippen LogP contribution in [0.3, 0.4) is 0 Å². The molecule has 0 saturated carbocycles. The van der Waals surface area contributed by atoms with Gasteiger partial charge in [-0.1, -0.05) is 38.1 Å². The number of benzene rings is 1. The Morgan fingerprint density at radius 3 is 2.41 bits per heavy atom. The summed E-state index contributed by atoms with van der Waals surface area (Å²) in [7, 11) is 0.